The van der Waals surface area contributed by atoms with E-state index in [-0.39, 0.29) is 11.6 Å². The number of esters is 1. The zero-order chi connectivity index (χ0) is 11.5. The van der Waals surface area contributed by atoms with E-state index in [9.17, 15) is 13.6 Å². The third kappa shape index (κ3) is 2.17. The summed E-state index contributed by atoms with van der Waals surface area (Å²) in [6.45, 7) is 4.45. The number of halogens is 2. The van der Waals surface area contributed by atoms with Gasteiger partial charge in [0, 0.05) is 0 Å². The molecule has 7 heteroatoms. The van der Waals surface area contributed by atoms with Gasteiger partial charge >= 0.3 is 11.9 Å². The second kappa shape index (κ2) is 4.43. The Balaban J connectivity index is 3.04. The minimum Gasteiger partial charge on any atom is -0.461 e. The summed E-state index contributed by atoms with van der Waals surface area (Å²) in [6.07, 6.45) is 0. The lowest BCUT2D eigenvalue weighted by Crippen LogP contribution is -2.28. The zero-order valence-corrected chi connectivity index (χ0v) is 8.68. The Bertz CT molecular complexity index is 378. The second-order valence-electron chi connectivity index (χ2n) is 2.46. The molecule has 0 saturated heterocycles. The fourth-order valence-electron chi connectivity index (χ4n) is 0.886. The van der Waals surface area contributed by atoms with Gasteiger partial charge in [-0.05, 0) is 13.6 Å². The molecule has 0 aliphatic heterocycles. The summed E-state index contributed by atoms with van der Waals surface area (Å²) in [5.41, 5.74) is 0.466. The molecule has 0 radical (unpaired) electrons. The number of alkyl halides is 2. The second-order valence-corrected chi connectivity index (χ2v) is 3.29. The van der Waals surface area contributed by atoms with Crippen LogP contribution in [0.1, 0.15) is 12.6 Å². The van der Waals surface area contributed by atoms with Crippen molar-refractivity contribution in [3.63, 3.8) is 0 Å². The van der Waals surface area contributed by atoms with Crippen LogP contribution in [0.15, 0.2) is 10.5 Å². The van der Waals surface area contributed by atoms with Gasteiger partial charge in [-0.15, -0.1) is 11.3 Å². The van der Waals surface area contributed by atoms with Crippen molar-refractivity contribution >= 4 is 29.0 Å². The van der Waals surface area contributed by atoms with Gasteiger partial charge in [0.1, 0.15) is 5.00 Å². The molecule has 0 amide bonds. The van der Waals surface area contributed by atoms with E-state index in [2.05, 4.69) is 21.4 Å². The first-order valence-corrected chi connectivity index (χ1v) is 4.87. The van der Waals surface area contributed by atoms with Crippen molar-refractivity contribution < 1.29 is 18.3 Å². The molecule has 0 aliphatic carbocycles. The molecule has 1 heterocycles. The Labute approximate surface area is 88.6 Å². The van der Waals surface area contributed by atoms with E-state index in [1.807, 2.05) is 0 Å². The lowest BCUT2D eigenvalue weighted by atomic mass is 10.2. The average molecular weight is 234 g/mol. The summed E-state index contributed by atoms with van der Waals surface area (Å²) >= 11 is 0.884. The largest absolute Gasteiger partial charge is 0.461 e. The van der Waals surface area contributed by atoms with Crippen molar-refractivity contribution in [1.29, 1.82) is 0 Å². The third-order valence-corrected chi connectivity index (χ3v) is 2.28. The van der Waals surface area contributed by atoms with Crippen LogP contribution in [0, 0.1) is 0 Å². The van der Waals surface area contributed by atoms with E-state index in [4.69, 9.17) is 0 Å². The normalized spacial score (nSPS) is 11.1. The van der Waals surface area contributed by atoms with E-state index in [0.717, 1.165) is 11.3 Å². The highest BCUT2D eigenvalue weighted by atomic mass is 32.1. The fourth-order valence-corrected chi connectivity index (χ4v) is 1.51. The van der Waals surface area contributed by atoms with Crippen molar-refractivity contribution in [2.45, 2.75) is 12.8 Å². The Kier molecular flexibility index (Phi) is 3.46. The van der Waals surface area contributed by atoms with Gasteiger partial charge in [0.25, 0.3) is 0 Å². The van der Waals surface area contributed by atoms with Crippen LogP contribution in [0.2, 0.25) is 0 Å². The van der Waals surface area contributed by atoms with Crippen LogP contribution in [0.3, 0.4) is 0 Å². The first-order valence-electron chi connectivity index (χ1n) is 3.99. The highest BCUT2D eigenvalue weighted by Gasteiger charge is 2.46. The van der Waals surface area contributed by atoms with Gasteiger partial charge in [0.2, 0.25) is 0 Å². The van der Waals surface area contributed by atoms with Crippen LogP contribution < -0.4 is 0 Å². The molecule has 0 unspecified atom stereocenters. The molecule has 1 aromatic rings. The molecular formula is C8H8F2N2O2S. The summed E-state index contributed by atoms with van der Waals surface area (Å²) in [5, 5.41) is -0.0759. The smallest absolute Gasteiger partial charge is 0.387 e. The molecule has 0 aromatic carbocycles. The number of carbonyl (C=O) groups excluding carboxylic acids is 1. The van der Waals surface area contributed by atoms with Crippen LogP contribution in [-0.2, 0) is 15.5 Å². The van der Waals surface area contributed by atoms with Gasteiger partial charge < -0.3 is 4.74 Å². The first-order chi connectivity index (χ1) is 7.04. The topological polar surface area (TPSA) is 51.5 Å². The Morgan fingerprint density at radius 2 is 2.47 bits per heavy atom. The standard InChI is InChI=1S/C8H8F2N2O2S/c1-3-14-7(13)8(9,10)5-6(11-2)15-4-12-5/h4H,2-3H2,1H3. The summed E-state index contributed by atoms with van der Waals surface area (Å²) < 4.78 is 31.0. The number of nitrogens with zero attached hydrogens (tertiary/aromatic N) is 2. The van der Waals surface area contributed by atoms with Crippen molar-refractivity contribution in [3.05, 3.63) is 11.2 Å². The lowest BCUT2D eigenvalue weighted by molar-refractivity contribution is -0.173. The van der Waals surface area contributed by atoms with Gasteiger partial charge in [-0.3, -0.25) is 4.99 Å². The molecule has 0 N–H and O–H groups in total. The maximum absolute atomic E-state index is 13.4. The van der Waals surface area contributed by atoms with Crippen LogP contribution in [0.25, 0.3) is 0 Å². The maximum atomic E-state index is 13.4. The molecule has 0 saturated carbocycles. The molecule has 0 fully saturated rings. The predicted octanol–water partition coefficient (Wildman–Crippen LogP) is 2.13. The molecule has 4 nitrogen and oxygen atoms in total. The molecule has 0 bridgehead atoms. The van der Waals surface area contributed by atoms with E-state index in [1.165, 1.54) is 12.4 Å². The Morgan fingerprint density at radius 1 is 1.80 bits per heavy atom. The minimum atomic E-state index is -3.77. The lowest BCUT2D eigenvalue weighted by Gasteiger charge is -2.12. The summed E-state index contributed by atoms with van der Waals surface area (Å²) in [4.78, 5) is 17.7. The average Bonchev–Trinajstić information content (AvgIpc) is 2.66. The van der Waals surface area contributed by atoms with Crippen molar-refractivity contribution in [3.8, 4) is 0 Å². The Morgan fingerprint density at radius 3 is 3.00 bits per heavy atom. The molecule has 0 aliphatic rings. The van der Waals surface area contributed by atoms with Crippen LogP contribution >= 0.6 is 11.3 Å². The van der Waals surface area contributed by atoms with Gasteiger partial charge in [-0.2, -0.15) is 8.78 Å². The minimum absolute atomic E-state index is 0.0759. The van der Waals surface area contributed by atoms with Gasteiger partial charge in [-0.1, -0.05) is 0 Å². The van der Waals surface area contributed by atoms with E-state index >= 15 is 0 Å². The fraction of sp³-hybridized carbons (Fsp3) is 0.375. The molecule has 1 rings (SSSR count). The van der Waals surface area contributed by atoms with E-state index in [1.54, 1.807) is 0 Å². The number of aliphatic imine (C=N–C) groups is 1. The number of thiazole rings is 1. The maximum Gasteiger partial charge on any atom is 0.387 e. The molecule has 1 aromatic heterocycles. The van der Waals surface area contributed by atoms with E-state index in [0.29, 0.717) is 0 Å². The third-order valence-electron chi connectivity index (χ3n) is 1.52. The molecule has 15 heavy (non-hydrogen) atoms. The number of hydrogen-bond donors (Lipinski definition) is 0. The summed E-state index contributed by atoms with van der Waals surface area (Å²) in [6, 6.07) is 0. The highest BCUT2D eigenvalue weighted by Crippen LogP contribution is 2.37. The number of ether oxygens (including phenoxy) is 1. The van der Waals surface area contributed by atoms with Gasteiger partial charge in [-0.25, -0.2) is 9.78 Å². The van der Waals surface area contributed by atoms with Crippen molar-refractivity contribution in [2.24, 2.45) is 4.99 Å². The number of hydrogen-bond acceptors (Lipinski definition) is 5. The molecule has 82 valence electrons. The zero-order valence-electron chi connectivity index (χ0n) is 7.87. The summed E-state index contributed by atoms with van der Waals surface area (Å²) in [7, 11) is 0. The molecule has 0 spiro atoms. The van der Waals surface area contributed by atoms with Crippen molar-refractivity contribution in [1.82, 2.24) is 4.98 Å². The number of aromatic nitrogens is 1. The van der Waals surface area contributed by atoms with Gasteiger partial charge in [0.15, 0.2) is 5.69 Å². The Hall–Kier alpha value is -1.37. The van der Waals surface area contributed by atoms with Crippen LogP contribution in [0.4, 0.5) is 13.8 Å². The quantitative estimate of drug-likeness (QED) is 0.592. The number of rotatable bonds is 4. The SMILES string of the molecule is C=Nc1scnc1C(F)(F)C(=O)OCC. The molecular weight excluding hydrogens is 226 g/mol. The first kappa shape index (κ1) is 11.7. The summed E-state index contributed by atoms with van der Waals surface area (Å²) in [5.74, 6) is -5.40. The number of carbonyl (C=O) groups is 1. The van der Waals surface area contributed by atoms with Crippen molar-refractivity contribution in [2.75, 3.05) is 6.61 Å². The van der Waals surface area contributed by atoms with E-state index < -0.39 is 17.6 Å². The predicted molar refractivity (Wildman–Crippen MR) is 51.9 cm³/mol. The van der Waals surface area contributed by atoms with Crippen LogP contribution in [-0.4, -0.2) is 24.3 Å². The van der Waals surface area contributed by atoms with Gasteiger partial charge in [0.05, 0.1) is 12.1 Å². The highest BCUT2D eigenvalue weighted by molar-refractivity contribution is 7.13. The monoisotopic (exact) mass is 234 g/mol. The van der Waals surface area contributed by atoms with Crippen LogP contribution in [0.5, 0.6) is 0 Å². The molecule has 0 atom stereocenters.